The molecule has 0 radical (unpaired) electrons. The summed E-state index contributed by atoms with van der Waals surface area (Å²) in [7, 11) is 0. The van der Waals surface area contributed by atoms with Crippen molar-refractivity contribution >= 4 is 5.97 Å². The predicted octanol–water partition coefficient (Wildman–Crippen LogP) is 5.19. The molecule has 0 amide bonds. The first kappa shape index (κ1) is 30.1. The highest BCUT2D eigenvalue weighted by atomic mass is 19.4. The average molecular weight is 463 g/mol. The molecule has 0 bridgehead atoms. The van der Waals surface area contributed by atoms with Crippen LogP contribution in [0.2, 0.25) is 0 Å². The summed E-state index contributed by atoms with van der Waals surface area (Å²) in [6, 6.07) is 0. The van der Waals surface area contributed by atoms with Crippen LogP contribution in [0.5, 0.6) is 0 Å². The monoisotopic (exact) mass is 462 g/mol. The van der Waals surface area contributed by atoms with Gasteiger partial charge < -0.3 is 15.7 Å². The third-order valence-electron chi connectivity index (χ3n) is 7.06. The predicted molar refractivity (Wildman–Crippen MR) is 112 cm³/mol. The quantitative estimate of drug-likeness (QED) is 0.424. The highest BCUT2D eigenvalue weighted by molar-refractivity contribution is 5.72. The Balaban J connectivity index is 0. The van der Waals surface area contributed by atoms with Gasteiger partial charge >= 0.3 is 12.3 Å². The molecule has 31 heavy (non-hydrogen) atoms. The van der Waals surface area contributed by atoms with E-state index in [0.29, 0.717) is 5.92 Å². The van der Waals surface area contributed by atoms with Gasteiger partial charge in [0.05, 0.1) is 12.0 Å². The average Bonchev–Trinajstić information content (AvgIpc) is 2.64. The van der Waals surface area contributed by atoms with E-state index in [-0.39, 0.29) is 51.0 Å². The molecule has 3 fully saturated rings. The molecular formula is C22H42F4O5. The summed E-state index contributed by atoms with van der Waals surface area (Å²) in [6.45, 7) is 2.31. The van der Waals surface area contributed by atoms with Crippen molar-refractivity contribution in [1.82, 2.24) is 0 Å². The molecule has 3 atom stereocenters. The summed E-state index contributed by atoms with van der Waals surface area (Å²) >= 11 is 0. The summed E-state index contributed by atoms with van der Waals surface area (Å²) in [4.78, 5) is 12.5. The zero-order chi connectivity index (χ0) is 20.3. The first-order valence-corrected chi connectivity index (χ1v) is 10.8. The zero-order valence-corrected chi connectivity index (χ0v) is 17.6. The molecule has 4 N–H and O–H groups in total. The van der Waals surface area contributed by atoms with Gasteiger partial charge in [0.25, 0.3) is 0 Å². The van der Waals surface area contributed by atoms with Crippen molar-refractivity contribution in [1.29, 1.82) is 0 Å². The van der Waals surface area contributed by atoms with E-state index in [1.807, 2.05) is 0 Å². The number of rotatable bonds is 4. The maximum atomic E-state index is 14.0. The lowest BCUT2D eigenvalue weighted by Crippen LogP contribution is -2.41. The second kappa shape index (κ2) is 12.9. The fourth-order valence-electron chi connectivity index (χ4n) is 5.31. The summed E-state index contributed by atoms with van der Waals surface area (Å²) in [5.41, 5.74) is 0. The molecule has 9 heteroatoms. The van der Waals surface area contributed by atoms with Crippen LogP contribution < -0.4 is 0 Å². The van der Waals surface area contributed by atoms with Crippen molar-refractivity contribution in [2.24, 2.45) is 23.7 Å². The Morgan fingerprint density at radius 1 is 0.871 bits per heavy atom. The molecule has 0 heterocycles. The van der Waals surface area contributed by atoms with Gasteiger partial charge in [0.15, 0.2) is 0 Å². The van der Waals surface area contributed by atoms with E-state index in [1.165, 1.54) is 25.7 Å². The molecule has 0 aliphatic heterocycles. The molecule has 0 spiro atoms. The minimum atomic E-state index is -4.84. The maximum absolute atomic E-state index is 14.0. The highest BCUT2D eigenvalue weighted by Gasteiger charge is 2.42. The van der Waals surface area contributed by atoms with Crippen molar-refractivity contribution in [3.05, 3.63) is 0 Å². The minimum absolute atomic E-state index is 0. The fraction of sp³-hybridized carbons (Fsp3) is 0.955. The van der Waals surface area contributed by atoms with Gasteiger partial charge in [-0.1, -0.05) is 27.2 Å². The first-order chi connectivity index (χ1) is 13.2. The smallest absolute Gasteiger partial charge is 0.462 e. The Labute approximate surface area is 184 Å². The maximum Gasteiger partial charge on any atom is 0.522 e. The van der Waals surface area contributed by atoms with E-state index in [2.05, 4.69) is 11.7 Å². The van der Waals surface area contributed by atoms with Crippen LogP contribution in [0.4, 0.5) is 17.6 Å². The number of alkyl halides is 4. The van der Waals surface area contributed by atoms with Crippen molar-refractivity contribution in [3.8, 4) is 0 Å². The lowest BCUT2D eigenvalue weighted by atomic mass is 9.69. The van der Waals surface area contributed by atoms with Crippen LogP contribution in [0.3, 0.4) is 0 Å². The van der Waals surface area contributed by atoms with E-state index in [1.54, 1.807) is 0 Å². The van der Waals surface area contributed by atoms with Crippen LogP contribution in [0.15, 0.2) is 0 Å². The van der Waals surface area contributed by atoms with Gasteiger partial charge in [0, 0.05) is 7.85 Å². The van der Waals surface area contributed by atoms with Gasteiger partial charge in [0.2, 0.25) is 0 Å². The molecule has 3 rings (SSSR count). The Hall–Kier alpha value is -0.930. The van der Waals surface area contributed by atoms with Gasteiger partial charge in [-0.3, -0.25) is 9.53 Å². The standard InChI is InChI=1S/C21H32F4O3.CH4.2H2O.H2/c1-13-2-4-14(5-3-13)15-6-8-16(9-7-15)20(26)27-17-10-11-19(18(22)12-17)28-21(23,24)25;;;;/h13-19H,2-12H2,1H3;1H4;2*1H2;1H. The molecule has 0 aromatic carbocycles. The van der Waals surface area contributed by atoms with E-state index >= 15 is 0 Å². The van der Waals surface area contributed by atoms with Crippen LogP contribution in [0.25, 0.3) is 0 Å². The molecule has 3 aliphatic rings. The number of esters is 1. The molecule has 3 unspecified atom stereocenters. The Morgan fingerprint density at radius 3 is 1.87 bits per heavy atom. The summed E-state index contributed by atoms with van der Waals surface area (Å²) < 4.78 is 60.1. The first-order valence-electron chi connectivity index (χ1n) is 10.8. The van der Waals surface area contributed by atoms with Crippen LogP contribution in [-0.4, -0.2) is 41.7 Å². The number of halogens is 4. The van der Waals surface area contributed by atoms with Gasteiger partial charge in [-0.25, -0.2) is 4.39 Å². The lowest BCUT2D eigenvalue weighted by Gasteiger charge is -2.37. The van der Waals surface area contributed by atoms with Crippen molar-refractivity contribution < 1.29 is 44.2 Å². The SMILES string of the molecule is C.CC1CCC(C2CCC(C(=O)OC3CCC(OC(F)(F)F)C(F)C3)CC2)CC1.O.O.[HH]. The molecule has 0 saturated heterocycles. The van der Waals surface area contributed by atoms with Crippen LogP contribution in [0.1, 0.15) is 86.4 Å². The summed E-state index contributed by atoms with van der Waals surface area (Å²) in [6.07, 6.45) is 0.0354. The van der Waals surface area contributed by atoms with Gasteiger partial charge in [0.1, 0.15) is 12.3 Å². The number of ether oxygens (including phenoxy) is 2. The van der Waals surface area contributed by atoms with Gasteiger partial charge in [-0.15, -0.1) is 13.2 Å². The second-order valence-corrected chi connectivity index (χ2v) is 9.12. The minimum Gasteiger partial charge on any atom is -0.462 e. The highest BCUT2D eigenvalue weighted by Crippen LogP contribution is 2.42. The van der Waals surface area contributed by atoms with Gasteiger partial charge in [-0.05, 0) is 69.1 Å². The van der Waals surface area contributed by atoms with Crippen molar-refractivity contribution in [2.75, 3.05) is 0 Å². The number of carbonyl (C=O) groups is 1. The molecule has 5 nitrogen and oxygen atoms in total. The third kappa shape index (κ3) is 8.85. The third-order valence-corrected chi connectivity index (χ3v) is 7.06. The largest absolute Gasteiger partial charge is 0.522 e. The van der Waals surface area contributed by atoms with E-state index in [4.69, 9.17) is 4.74 Å². The Morgan fingerprint density at radius 2 is 1.39 bits per heavy atom. The van der Waals surface area contributed by atoms with Crippen LogP contribution in [0, 0.1) is 23.7 Å². The topological polar surface area (TPSA) is 98.5 Å². The van der Waals surface area contributed by atoms with E-state index in [0.717, 1.165) is 37.5 Å². The fourth-order valence-corrected chi connectivity index (χ4v) is 5.31. The zero-order valence-electron chi connectivity index (χ0n) is 17.6. The Kier molecular flexibility index (Phi) is 12.6. The summed E-state index contributed by atoms with van der Waals surface area (Å²) in [5, 5.41) is 0. The number of carbonyl (C=O) groups excluding carboxylic acids is 1. The molecule has 0 aromatic rings. The second-order valence-electron chi connectivity index (χ2n) is 9.12. The van der Waals surface area contributed by atoms with E-state index < -0.39 is 24.7 Å². The van der Waals surface area contributed by atoms with Crippen molar-refractivity contribution in [2.45, 2.75) is 110 Å². The normalized spacial score (nSPS) is 36.2. The Bertz CT molecular complexity index is 521. The molecule has 0 aromatic heterocycles. The molecule has 188 valence electrons. The van der Waals surface area contributed by atoms with Gasteiger partial charge in [-0.2, -0.15) is 0 Å². The molecular weight excluding hydrogens is 420 g/mol. The number of hydrogen-bond donors (Lipinski definition) is 0. The molecule has 3 aliphatic carbocycles. The number of hydrogen-bond acceptors (Lipinski definition) is 3. The van der Waals surface area contributed by atoms with Crippen LogP contribution in [-0.2, 0) is 14.3 Å². The summed E-state index contributed by atoms with van der Waals surface area (Å²) in [5.74, 6) is 1.86. The van der Waals surface area contributed by atoms with Crippen molar-refractivity contribution in [3.63, 3.8) is 0 Å². The van der Waals surface area contributed by atoms with E-state index in [9.17, 15) is 22.4 Å². The molecule has 3 saturated carbocycles. The lowest BCUT2D eigenvalue weighted by molar-refractivity contribution is -0.352. The van der Waals surface area contributed by atoms with Crippen LogP contribution >= 0.6 is 0 Å².